The van der Waals surface area contributed by atoms with Crippen molar-refractivity contribution >= 4 is 28.8 Å². The van der Waals surface area contributed by atoms with E-state index in [1.165, 1.54) is 0 Å². The first-order valence-corrected chi connectivity index (χ1v) is 7.65. The standard InChI is InChI=1S/C19H18N2O3/c1-3-4-13-5-7-15(12(2)9-13)19(23)20-14-6-8-17-16(10-14)21-18(11-22)24-17/h3-10,22H,11H2,1-2H3,(H,20,23)/b4-3+. The Bertz CT molecular complexity index is 926. The maximum absolute atomic E-state index is 12.5. The molecule has 3 rings (SSSR count). The van der Waals surface area contributed by atoms with Crippen molar-refractivity contribution in [1.82, 2.24) is 4.98 Å². The van der Waals surface area contributed by atoms with Gasteiger partial charge in [-0.05, 0) is 49.2 Å². The first-order chi connectivity index (χ1) is 11.6. The van der Waals surface area contributed by atoms with Crippen LogP contribution in [0, 0.1) is 6.92 Å². The molecule has 1 heterocycles. The number of hydrogen-bond donors (Lipinski definition) is 2. The third-order valence-electron chi connectivity index (χ3n) is 3.68. The van der Waals surface area contributed by atoms with Crippen molar-refractivity contribution in [1.29, 1.82) is 0 Å². The van der Waals surface area contributed by atoms with Gasteiger partial charge < -0.3 is 14.8 Å². The molecule has 2 N–H and O–H groups in total. The van der Waals surface area contributed by atoms with E-state index in [1.807, 2.05) is 44.2 Å². The smallest absolute Gasteiger partial charge is 0.255 e. The molecule has 0 aliphatic rings. The van der Waals surface area contributed by atoms with Crippen molar-refractivity contribution in [2.24, 2.45) is 0 Å². The minimum Gasteiger partial charge on any atom is -0.438 e. The zero-order valence-corrected chi connectivity index (χ0v) is 13.5. The second-order valence-electron chi connectivity index (χ2n) is 5.48. The topological polar surface area (TPSA) is 75.4 Å². The van der Waals surface area contributed by atoms with E-state index in [2.05, 4.69) is 10.3 Å². The fraction of sp³-hybridized carbons (Fsp3) is 0.158. The minimum atomic E-state index is -0.256. The number of amides is 1. The van der Waals surface area contributed by atoms with Gasteiger partial charge in [-0.1, -0.05) is 24.3 Å². The Morgan fingerprint density at radius 1 is 1.29 bits per heavy atom. The zero-order chi connectivity index (χ0) is 17.1. The average Bonchev–Trinajstić information content (AvgIpc) is 2.97. The summed E-state index contributed by atoms with van der Waals surface area (Å²) in [5, 5.41) is 11.9. The molecule has 5 nitrogen and oxygen atoms in total. The molecular formula is C19H18N2O3. The Morgan fingerprint density at radius 3 is 2.83 bits per heavy atom. The summed E-state index contributed by atoms with van der Waals surface area (Å²) < 4.78 is 5.34. The molecule has 24 heavy (non-hydrogen) atoms. The number of aliphatic hydroxyl groups is 1. The SMILES string of the molecule is C/C=C/c1ccc(C(=O)Nc2ccc3oc(CO)nc3c2)c(C)c1. The van der Waals surface area contributed by atoms with Crippen LogP contribution in [0.25, 0.3) is 17.2 Å². The molecule has 0 spiro atoms. The molecule has 0 saturated carbocycles. The number of aliphatic hydroxyl groups excluding tert-OH is 1. The predicted octanol–water partition coefficient (Wildman–Crippen LogP) is 3.91. The Hall–Kier alpha value is -2.92. The lowest BCUT2D eigenvalue weighted by Gasteiger charge is -2.08. The molecule has 1 aromatic heterocycles. The van der Waals surface area contributed by atoms with Crippen molar-refractivity contribution in [2.45, 2.75) is 20.5 Å². The molecule has 2 aromatic carbocycles. The number of benzene rings is 2. The Morgan fingerprint density at radius 2 is 2.12 bits per heavy atom. The molecule has 0 aliphatic carbocycles. The van der Waals surface area contributed by atoms with Gasteiger partial charge in [0.15, 0.2) is 5.58 Å². The average molecular weight is 322 g/mol. The summed E-state index contributed by atoms with van der Waals surface area (Å²) in [4.78, 5) is 16.6. The van der Waals surface area contributed by atoms with Crippen molar-refractivity contribution in [3.63, 3.8) is 0 Å². The summed E-state index contributed by atoms with van der Waals surface area (Å²) >= 11 is 0. The van der Waals surface area contributed by atoms with Crippen LogP contribution in [0.3, 0.4) is 0 Å². The first kappa shape index (κ1) is 16.0. The molecule has 0 atom stereocenters. The van der Waals surface area contributed by atoms with Crippen LogP contribution in [0.1, 0.15) is 34.3 Å². The summed E-state index contributed by atoms with van der Waals surface area (Å²) in [6.45, 7) is 3.61. The van der Waals surface area contributed by atoms with Gasteiger partial charge in [-0.25, -0.2) is 4.98 Å². The highest BCUT2D eigenvalue weighted by Crippen LogP contribution is 2.21. The largest absolute Gasteiger partial charge is 0.438 e. The van der Waals surface area contributed by atoms with E-state index in [0.29, 0.717) is 22.4 Å². The lowest BCUT2D eigenvalue weighted by atomic mass is 10.0. The van der Waals surface area contributed by atoms with Crippen molar-refractivity contribution in [2.75, 3.05) is 5.32 Å². The summed E-state index contributed by atoms with van der Waals surface area (Å²) in [6.07, 6.45) is 3.95. The van der Waals surface area contributed by atoms with Gasteiger partial charge in [0.05, 0.1) is 0 Å². The van der Waals surface area contributed by atoms with E-state index in [9.17, 15) is 4.79 Å². The monoisotopic (exact) mass is 322 g/mol. The van der Waals surface area contributed by atoms with Crippen LogP contribution in [0.2, 0.25) is 0 Å². The summed E-state index contributed by atoms with van der Waals surface area (Å²) in [5.41, 5.74) is 4.39. The van der Waals surface area contributed by atoms with Crippen LogP contribution >= 0.6 is 0 Å². The fourth-order valence-electron chi connectivity index (χ4n) is 2.56. The zero-order valence-electron chi connectivity index (χ0n) is 13.5. The number of carbonyl (C=O) groups excluding carboxylic acids is 1. The number of oxazole rings is 1. The second kappa shape index (κ2) is 6.68. The van der Waals surface area contributed by atoms with Gasteiger partial charge in [-0.15, -0.1) is 0 Å². The van der Waals surface area contributed by atoms with Gasteiger partial charge >= 0.3 is 0 Å². The summed E-state index contributed by atoms with van der Waals surface area (Å²) in [6, 6.07) is 10.9. The van der Waals surface area contributed by atoms with Gasteiger partial charge in [-0.3, -0.25) is 4.79 Å². The van der Waals surface area contributed by atoms with E-state index in [1.54, 1.807) is 18.2 Å². The highest BCUT2D eigenvalue weighted by molar-refractivity contribution is 6.06. The van der Waals surface area contributed by atoms with Crippen LogP contribution in [0.5, 0.6) is 0 Å². The molecule has 1 amide bonds. The van der Waals surface area contributed by atoms with Crippen molar-refractivity contribution < 1.29 is 14.3 Å². The van der Waals surface area contributed by atoms with Crippen LogP contribution < -0.4 is 5.32 Å². The number of fused-ring (bicyclic) bond motifs is 1. The highest BCUT2D eigenvalue weighted by atomic mass is 16.4. The van der Waals surface area contributed by atoms with E-state index >= 15 is 0 Å². The summed E-state index contributed by atoms with van der Waals surface area (Å²) in [5.74, 6) is 0.0774. The van der Waals surface area contributed by atoms with E-state index in [4.69, 9.17) is 9.52 Å². The predicted molar refractivity (Wildman–Crippen MR) is 93.8 cm³/mol. The normalized spacial score (nSPS) is 11.3. The van der Waals surface area contributed by atoms with Crippen LogP contribution in [-0.2, 0) is 6.61 Å². The lowest BCUT2D eigenvalue weighted by molar-refractivity contribution is 0.102. The number of aromatic nitrogens is 1. The lowest BCUT2D eigenvalue weighted by Crippen LogP contribution is -2.13. The second-order valence-corrected chi connectivity index (χ2v) is 5.48. The van der Waals surface area contributed by atoms with Crippen LogP contribution in [0.15, 0.2) is 46.9 Å². The molecule has 0 bridgehead atoms. The number of anilines is 1. The quantitative estimate of drug-likeness (QED) is 0.763. The molecule has 0 aliphatic heterocycles. The molecule has 0 saturated heterocycles. The Kier molecular flexibility index (Phi) is 4.44. The number of allylic oxidation sites excluding steroid dienone is 1. The fourth-order valence-corrected chi connectivity index (χ4v) is 2.56. The molecule has 3 aromatic rings. The Balaban J connectivity index is 1.84. The molecular weight excluding hydrogens is 304 g/mol. The minimum absolute atomic E-state index is 0.176. The maximum Gasteiger partial charge on any atom is 0.255 e. The summed E-state index contributed by atoms with van der Waals surface area (Å²) in [7, 11) is 0. The maximum atomic E-state index is 12.5. The van der Waals surface area contributed by atoms with E-state index in [0.717, 1.165) is 11.1 Å². The highest BCUT2D eigenvalue weighted by Gasteiger charge is 2.11. The van der Waals surface area contributed by atoms with Crippen LogP contribution in [0.4, 0.5) is 5.69 Å². The van der Waals surface area contributed by atoms with Gasteiger partial charge in [0.1, 0.15) is 12.1 Å². The van der Waals surface area contributed by atoms with Crippen molar-refractivity contribution in [3.8, 4) is 0 Å². The number of carbonyl (C=O) groups is 1. The van der Waals surface area contributed by atoms with E-state index < -0.39 is 0 Å². The number of hydrogen-bond acceptors (Lipinski definition) is 4. The third kappa shape index (κ3) is 3.21. The number of rotatable bonds is 4. The number of nitrogens with zero attached hydrogens (tertiary/aromatic N) is 1. The van der Waals surface area contributed by atoms with Crippen molar-refractivity contribution in [3.05, 3.63) is 65.1 Å². The molecule has 0 unspecified atom stereocenters. The molecule has 122 valence electrons. The molecule has 5 heteroatoms. The van der Waals surface area contributed by atoms with Crippen LogP contribution in [-0.4, -0.2) is 16.0 Å². The Labute approximate surface area is 139 Å². The van der Waals surface area contributed by atoms with Gasteiger partial charge in [0.25, 0.3) is 5.91 Å². The molecule has 0 fully saturated rings. The number of aryl methyl sites for hydroxylation is 1. The van der Waals surface area contributed by atoms with Gasteiger partial charge in [0, 0.05) is 11.3 Å². The third-order valence-corrected chi connectivity index (χ3v) is 3.68. The first-order valence-electron chi connectivity index (χ1n) is 7.65. The number of nitrogens with one attached hydrogen (secondary N) is 1. The van der Waals surface area contributed by atoms with E-state index in [-0.39, 0.29) is 18.4 Å². The van der Waals surface area contributed by atoms with Gasteiger partial charge in [-0.2, -0.15) is 0 Å². The van der Waals surface area contributed by atoms with Gasteiger partial charge in [0.2, 0.25) is 5.89 Å². The molecule has 0 radical (unpaired) electrons.